The van der Waals surface area contributed by atoms with Gasteiger partial charge in [-0.1, -0.05) is 37.8 Å². The first-order valence-corrected chi connectivity index (χ1v) is 7.49. The Labute approximate surface area is 115 Å². The van der Waals surface area contributed by atoms with Gasteiger partial charge in [0.1, 0.15) is 11.0 Å². The lowest BCUT2D eigenvalue weighted by Crippen LogP contribution is -2.36. The van der Waals surface area contributed by atoms with Crippen LogP contribution in [0.1, 0.15) is 51.3 Å². The Kier molecular flexibility index (Phi) is 5.07. The third-order valence-electron chi connectivity index (χ3n) is 4.21. The lowest BCUT2D eigenvalue weighted by Gasteiger charge is -2.30. The fourth-order valence-corrected chi connectivity index (χ4v) is 3.14. The maximum atomic E-state index is 6.00. The summed E-state index contributed by atoms with van der Waals surface area (Å²) in [4.78, 5) is 4.34. The predicted molar refractivity (Wildman–Crippen MR) is 75.7 cm³/mol. The highest BCUT2D eigenvalue weighted by atomic mass is 35.5. The minimum Gasteiger partial charge on any atom is -0.321 e. The predicted octanol–water partition coefficient (Wildman–Crippen LogP) is 3.52. The molecule has 1 aromatic heterocycles. The Morgan fingerprint density at radius 2 is 2.17 bits per heavy atom. The zero-order chi connectivity index (χ0) is 13.0. The van der Waals surface area contributed by atoms with Crippen LogP contribution in [0.15, 0.2) is 6.20 Å². The molecule has 1 aliphatic rings. The molecule has 1 atom stereocenters. The first-order chi connectivity index (χ1) is 8.72. The summed E-state index contributed by atoms with van der Waals surface area (Å²) < 4.78 is 1.95. The Morgan fingerprint density at radius 3 is 2.72 bits per heavy atom. The maximum Gasteiger partial charge on any atom is 0.128 e. The Morgan fingerprint density at radius 1 is 1.44 bits per heavy atom. The van der Waals surface area contributed by atoms with Crippen LogP contribution in [0, 0.1) is 5.92 Å². The number of nitrogens with one attached hydrogen (secondary N) is 1. The third kappa shape index (κ3) is 3.27. The average Bonchev–Trinajstić information content (AvgIpc) is 2.72. The van der Waals surface area contributed by atoms with Gasteiger partial charge in [0.15, 0.2) is 0 Å². The molecule has 1 aliphatic carbocycles. The van der Waals surface area contributed by atoms with Gasteiger partial charge in [0, 0.05) is 13.1 Å². The van der Waals surface area contributed by atoms with E-state index in [-0.39, 0.29) is 0 Å². The zero-order valence-corrected chi connectivity index (χ0v) is 12.2. The molecule has 18 heavy (non-hydrogen) atoms. The van der Waals surface area contributed by atoms with Crippen molar-refractivity contribution in [2.24, 2.45) is 13.0 Å². The Balaban J connectivity index is 1.88. The molecule has 0 aromatic carbocycles. The van der Waals surface area contributed by atoms with E-state index in [9.17, 15) is 0 Å². The smallest absolute Gasteiger partial charge is 0.128 e. The number of hydrogen-bond acceptors (Lipinski definition) is 2. The van der Waals surface area contributed by atoms with E-state index in [1.807, 2.05) is 11.6 Å². The van der Waals surface area contributed by atoms with Crippen molar-refractivity contribution in [2.75, 3.05) is 0 Å². The molecule has 0 aliphatic heterocycles. The van der Waals surface area contributed by atoms with Gasteiger partial charge in [-0.3, -0.25) is 0 Å². The molecule has 0 radical (unpaired) electrons. The van der Waals surface area contributed by atoms with Crippen molar-refractivity contribution >= 4 is 11.6 Å². The fraction of sp³-hybridized carbons (Fsp3) is 0.786. The van der Waals surface area contributed by atoms with E-state index in [0.717, 1.165) is 18.3 Å². The second kappa shape index (κ2) is 6.58. The summed E-state index contributed by atoms with van der Waals surface area (Å²) in [6, 6.07) is 0.626. The minimum atomic E-state index is 0.626. The van der Waals surface area contributed by atoms with Crippen LogP contribution >= 0.6 is 11.6 Å². The molecule has 1 N–H and O–H groups in total. The number of aromatic nitrogens is 2. The van der Waals surface area contributed by atoms with Gasteiger partial charge in [0.25, 0.3) is 0 Å². The van der Waals surface area contributed by atoms with Crippen LogP contribution in [-0.4, -0.2) is 15.6 Å². The van der Waals surface area contributed by atoms with E-state index in [1.54, 1.807) is 6.20 Å². The Bertz CT molecular complexity index is 369. The van der Waals surface area contributed by atoms with Gasteiger partial charge in [0.05, 0.1) is 12.7 Å². The summed E-state index contributed by atoms with van der Waals surface area (Å²) in [5, 5.41) is 4.37. The summed E-state index contributed by atoms with van der Waals surface area (Å²) in [6.45, 7) is 3.09. The molecule has 0 saturated heterocycles. The largest absolute Gasteiger partial charge is 0.321 e. The molecule has 0 amide bonds. The van der Waals surface area contributed by atoms with Crippen LogP contribution in [0.4, 0.5) is 0 Å². The number of hydrogen-bond donors (Lipinski definition) is 1. The van der Waals surface area contributed by atoms with Crippen molar-refractivity contribution in [3.05, 3.63) is 17.2 Å². The van der Waals surface area contributed by atoms with Gasteiger partial charge in [-0.25, -0.2) is 4.98 Å². The number of rotatable bonds is 5. The fourth-order valence-electron chi connectivity index (χ4n) is 2.99. The standard InChI is InChI=1S/C14H24ClN3/c1-3-12(11-7-5-4-6-8-11)16-10-14-17-9-13(15)18(14)2/h9,11-12,16H,3-8,10H2,1-2H3. The topological polar surface area (TPSA) is 29.9 Å². The lowest BCUT2D eigenvalue weighted by molar-refractivity contribution is 0.260. The second-order valence-corrected chi connectivity index (χ2v) is 5.74. The average molecular weight is 270 g/mol. The first-order valence-electron chi connectivity index (χ1n) is 7.11. The number of nitrogens with zero attached hydrogens (tertiary/aromatic N) is 2. The summed E-state index contributed by atoms with van der Waals surface area (Å²) in [5.74, 6) is 1.87. The maximum absolute atomic E-state index is 6.00. The van der Waals surface area contributed by atoms with Crippen molar-refractivity contribution in [3.63, 3.8) is 0 Å². The van der Waals surface area contributed by atoms with E-state index >= 15 is 0 Å². The quantitative estimate of drug-likeness (QED) is 0.886. The highest BCUT2D eigenvalue weighted by Gasteiger charge is 2.22. The Hall–Kier alpha value is -0.540. The monoisotopic (exact) mass is 269 g/mol. The zero-order valence-electron chi connectivity index (χ0n) is 11.5. The van der Waals surface area contributed by atoms with E-state index < -0.39 is 0 Å². The molecule has 3 nitrogen and oxygen atoms in total. The van der Waals surface area contributed by atoms with Crippen LogP contribution < -0.4 is 5.32 Å². The van der Waals surface area contributed by atoms with Crippen LogP contribution in [0.5, 0.6) is 0 Å². The van der Waals surface area contributed by atoms with Gasteiger partial charge < -0.3 is 9.88 Å². The van der Waals surface area contributed by atoms with Gasteiger partial charge in [-0.05, 0) is 25.2 Å². The molecule has 102 valence electrons. The molecule has 1 heterocycles. The van der Waals surface area contributed by atoms with Gasteiger partial charge >= 0.3 is 0 Å². The highest BCUT2D eigenvalue weighted by molar-refractivity contribution is 6.29. The minimum absolute atomic E-state index is 0.626. The van der Waals surface area contributed by atoms with E-state index in [4.69, 9.17) is 11.6 Å². The third-order valence-corrected chi connectivity index (χ3v) is 4.56. The van der Waals surface area contributed by atoms with E-state index in [0.29, 0.717) is 11.2 Å². The second-order valence-electron chi connectivity index (χ2n) is 5.35. The summed E-state index contributed by atoms with van der Waals surface area (Å²) in [5.41, 5.74) is 0. The highest BCUT2D eigenvalue weighted by Crippen LogP contribution is 2.27. The van der Waals surface area contributed by atoms with Crippen molar-refractivity contribution in [1.82, 2.24) is 14.9 Å². The molecule has 1 unspecified atom stereocenters. The SMILES string of the molecule is CCC(NCc1ncc(Cl)n1C)C1CCCCC1. The van der Waals surface area contributed by atoms with Crippen LogP contribution in [0.3, 0.4) is 0 Å². The van der Waals surface area contributed by atoms with Crippen LogP contribution in [0.25, 0.3) is 0 Å². The number of imidazole rings is 1. The van der Waals surface area contributed by atoms with E-state index in [2.05, 4.69) is 17.2 Å². The van der Waals surface area contributed by atoms with Crippen molar-refractivity contribution in [3.8, 4) is 0 Å². The van der Waals surface area contributed by atoms with Crippen molar-refractivity contribution in [1.29, 1.82) is 0 Å². The normalized spacial score (nSPS) is 19.1. The van der Waals surface area contributed by atoms with Crippen molar-refractivity contribution in [2.45, 2.75) is 58.0 Å². The first kappa shape index (κ1) is 13.9. The van der Waals surface area contributed by atoms with Crippen molar-refractivity contribution < 1.29 is 0 Å². The van der Waals surface area contributed by atoms with Gasteiger partial charge in [0.2, 0.25) is 0 Å². The molecule has 0 bridgehead atoms. The molecule has 4 heteroatoms. The molecule has 1 saturated carbocycles. The molecule has 1 fully saturated rings. The summed E-state index contributed by atoms with van der Waals surface area (Å²) >= 11 is 6.00. The summed E-state index contributed by atoms with van der Waals surface area (Å²) in [6.07, 6.45) is 9.90. The number of halogens is 1. The van der Waals surface area contributed by atoms with Crippen LogP contribution in [-0.2, 0) is 13.6 Å². The molecule has 2 rings (SSSR count). The molecule has 1 aromatic rings. The van der Waals surface area contributed by atoms with Gasteiger partial charge in [-0.2, -0.15) is 0 Å². The molecule has 0 spiro atoms. The lowest BCUT2D eigenvalue weighted by atomic mass is 9.83. The molecular formula is C14H24ClN3. The molecular weight excluding hydrogens is 246 g/mol. The van der Waals surface area contributed by atoms with E-state index in [1.165, 1.54) is 38.5 Å². The van der Waals surface area contributed by atoms with Gasteiger partial charge in [-0.15, -0.1) is 0 Å². The van der Waals surface area contributed by atoms with Crippen LogP contribution in [0.2, 0.25) is 5.15 Å². The summed E-state index contributed by atoms with van der Waals surface area (Å²) in [7, 11) is 1.97.